The summed E-state index contributed by atoms with van der Waals surface area (Å²) < 4.78 is 12.3. The van der Waals surface area contributed by atoms with Crippen molar-refractivity contribution in [3.05, 3.63) is 0 Å². The maximum Gasteiger partial charge on any atom is 0.0687 e. The predicted molar refractivity (Wildman–Crippen MR) is 85.6 cm³/mol. The number of hydrogen-bond donors (Lipinski definition) is 1. The minimum atomic E-state index is 0.264. The van der Waals surface area contributed by atoms with Gasteiger partial charge in [0.15, 0.2) is 0 Å². The van der Waals surface area contributed by atoms with E-state index in [0.29, 0.717) is 11.5 Å². The predicted octanol–water partition coefficient (Wildman–Crippen LogP) is 3.66. The molecule has 3 nitrogen and oxygen atoms in total. The zero-order valence-corrected chi connectivity index (χ0v) is 13.8. The minimum absolute atomic E-state index is 0.264. The second-order valence-corrected chi connectivity index (χ2v) is 7.71. The molecule has 1 aliphatic carbocycles. The Bertz CT molecular complexity index is 319. The van der Waals surface area contributed by atoms with E-state index in [0.717, 1.165) is 26.3 Å². The zero-order chi connectivity index (χ0) is 14.6. The minimum Gasteiger partial charge on any atom is -0.381 e. The Morgan fingerprint density at radius 1 is 1.10 bits per heavy atom. The first-order valence-corrected chi connectivity index (χ1v) is 9.22. The molecule has 2 heterocycles. The molecule has 2 aliphatic heterocycles. The first-order valence-electron chi connectivity index (χ1n) is 9.22. The molecule has 3 rings (SSSR count). The van der Waals surface area contributed by atoms with Gasteiger partial charge >= 0.3 is 0 Å². The third-order valence-corrected chi connectivity index (χ3v) is 5.88. The summed E-state index contributed by atoms with van der Waals surface area (Å²) in [7, 11) is 0. The maximum atomic E-state index is 6.60. The Labute approximate surface area is 130 Å². The maximum absolute atomic E-state index is 6.60. The highest BCUT2D eigenvalue weighted by Gasteiger charge is 2.45. The molecule has 1 saturated carbocycles. The van der Waals surface area contributed by atoms with E-state index in [1.807, 2.05) is 0 Å². The molecule has 3 heteroatoms. The molecule has 1 spiro atoms. The van der Waals surface area contributed by atoms with Crippen LogP contribution in [0.5, 0.6) is 0 Å². The molecule has 0 radical (unpaired) electrons. The Hall–Kier alpha value is -0.120. The summed E-state index contributed by atoms with van der Waals surface area (Å²) in [5.41, 5.74) is 0.598. The van der Waals surface area contributed by atoms with Gasteiger partial charge in [0, 0.05) is 18.6 Å². The third-order valence-electron chi connectivity index (χ3n) is 5.88. The van der Waals surface area contributed by atoms with Crippen molar-refractivity contribution in [2.45, 2.75) is 82.8 Å². The highest BCUT2D eigenvalue weighted by atomic mass is 16.5. The van der Waals surface area contributed by atoms with Gasteiger partial charge in [-0.2, -0.15) is 0 Å². The summed E-state index contributed by atoms with van der Waals surface area (Å²) in [5, 5.41) is 3.63. The molecule has 2 unspecified atom stereocenters. The van der Waals surface area contributed by atoms with E-state index in [4.69, 9.17) is 9.47 Å². The van der Waals surface area contributed by atoms with Crippen molar-refractivity contribution in [2.75, 3.05) is 26.3 Å². The van der Waals surface area contributed by atoms with Crippen LogP contribution in [0, 0.1) is 5.41 Å². The van der Waals surface area contributed by atoms with E-state index in [2.05, 4.69) is 12.2 Å². The molecule has 122 valence electrons. The van der Waals surface area contributed by atoms with Crippen LogP contribution < -0.4 is 5.32 Å². The first kappa shape index (κ1) is 15.8. The highest BCUT2D eigenvalue weighted by molar-refractivity contribution is 4.95. The fourth-order valence-electron chi connectivity index (χ4n) is 4.64. The SMILES string of the molecule is CCCNCC1(CC2CCC3(CCCCC3)O2)CCOC1. The molecule has 0 bridgehead atoms. The van der Waals surface area contributed by atoms with Crippen molar-refractivity contribution in [3.8, 4) is 0 Å². The van der Waals surface area contributed by atoms with E-state index in [1.165, 1.54) is 64.2 Å². The zero-order valence-electron chi connectivity index (χ0n) is 13.8. The summed E-state index contributed by atoms with van der Waals surface area (Å²) in [6, 6.07) is 0. The molecule has 0 amide bonds. The monoisotopic (exact) mass is 295 g/mol. The molecule has 1 N–H and O–H groups in total. The molecule has 0 aromatic heterocycles. The van der Waals surface area contributed by atoms with Gasteiger partial charge in [-0.25, -0.2) is 0 Å². The van der Waals surface area contributed by atoms with Gasteiger partial charge in [0.05, 0.1) is 18.3 Å². The summed E-state index contributed by atoms with van der Waals surface area (Å²) >= 11 is 0. The third kappa shape index (κ3) is 3.80. The van der Waals surface area contributed by atoms with Crippen molar-refractivity contribution in [2.24, 2.45) is 5.41 Å². The molecule has 3 aliphatic rings. The average molecular weight is 295 g/mol. The second kappa shape index (κ2) is 6.97. The van der Waals surface area contributed by atoms with E-state index >= 15 is 0 Å². The van der Waals surface area contributed by atoms with Crippen molar-refractivity contribution < 1.29 is 9.47 Å². The van der Waals surface area contributed by atoms with Crippen molar-refractivity contribution >= 4 is 0 Å². The Morgan fingerprint density at radius 3 is 2.67 bits per heavy atom. The molecule has 3 fully saturated rings. The quantitative estimate of drug-likeness (QED) is 0.759. The number of ether oxygens (including phenoxy) is 2. The standard InChI is InChI=1S/C18H33NO2/c1-2-11-19-14-17(10-12-20-15-17)13-16-6-9-18(21-16)7-4-3-5-8-18/h16,19H,2-15H2,1H3. The lowest BCUT2D eigenvalue weighted by Crippen LogP contribution is -2.39. The first-order chi connectivity index (χ1) is 10.3. The van der Waals surface area contributed by atoms with Crippen LogP contribution in [-0.4, -0.2) is 38.0 Å². The van der Waals surface area contributed by atoms with Crippen LogP contribution in [0.25, 0.3) is 0 Å². The fourth-order valence-corrected chi connectivity index (χ4v) is 4.64. The number of rotatable bonds is 6. The number of hydrogen-bond acceptors (Lipinski definition) is 3. The van der Waals surface area contributed by atoms with Crippen molar-refractivity contribution in [1.29, 1.82) is 0 Å². The lowest BCUT2D eigenvalue weighted by molar-refractivity contribution is -0.0773. The van der Waals surface area contributed by atoms with E-state index in [9.17, 15) is 0 Å². The van der Waals surface area contributed by atoms with Gasteiger partial charge in [-0.15, -0.1) is 0 Å². The van der Waals surface area contributed by atoms with Gasteiger partial charge in [-0.1, -0.05) is 26.2 Å². The van der Waals surface area contributed by atoms with Crippen LogP contribution in [0.15, 0.2) is 0 Å². The lowest BCUT2D eigenvalue weighted by Gasteiger charge is -2.35. The summed E-state index contributed by atoms with van der Waals surface area (Å²) in [6.45, 7) is 6.32. The summed E-state index contributed by atoms with van der Waals surface area (Å²) in [4.78, 5) is 0. The molecule has 21 heavy (non-hydrogen) atoms. The topological polar surface area (TPSA) is 30.5 Å². The molecule has 2 saturated heterocycles. The summed E-state index contributed by atoms with van der Waals surface area (Å²) in [6.07, 6.45) is 13.4. The van der Waals surface area contributed by atoms with Gasteiger partial charge in [-0.3, -0.25) is 0 Å². The highest BCUT2D eigenvalue weighted by Crippen LogP contribution is 2.45. The van der Waals surface area contributed by atoms with Gasteiger partial charge < -0.3 is 14.8 Å². The van der Waals surface area contributed by atoms with Crippen LogP contribution in [0.1, 0.15) is 71.1 Å². The molecular formula is C18H33NO2. The molecule has 0 aromatic rings. The van der Waals surface area contributed by atoms with Crippen LogP contribution in [0.2, 0.25) is 0 Å². The van der Waals surface area contributed by atoms with Gasteiger partial charge in [0.1, 0.15) is 0 Å². The molecule has 2 atom stereocenters. The number of nitrogens with one attached hydrogen (secondary N) is 1. The summed E-state index contributed by atoms with van der Waals surface area (Å²) in [5.74, 6) is 0. The van der Waals surface area contributed by atoms with Crippen LogP contribution in [0.4, 0.5) is 0 Å². The average Bonchev–Trinajstić information content (AvgIpc) is 3.09. The largest absolute Gasteiger partial charge is 0.381 e. The van der Waals surface area contributed by atoms with Crippen LogP contribution in [0.3, 0.4) is 0 Å². The molecule has 0 aromatic carbocycles. The second-order valence-electron chi connectivity index (χ2n) is 7.71. The Morgan fingerprint density at radius 2 is 1.95 bits per heavy atom. The molecular weight excluding hydrogens is 262 g/mol. The van der Waals surface area contributed by atoms with Gasteiger partial charge in [-0.05, 0) is 51.5 Å². The van der Waals surface area contributed by atoms with Gasteiger partial charge in [0.2, 0.25) is 0 Å². The smallest absolute Gasteiger partial charge is 0.0687 e. The fraction of sp³-hybridized carbons (Fsp3) is 1.00. The van der Waals surface area contributed by atoms with E-state index < -0.39 is 0 Å². The van der Waals surface area contributed by atoms with Crippen molar-refractivity contribution in [1.82, 2.24) is 5.32 Å². The van der Waals surface area contributed by atoms with E-state index in [-0.39, 0.29) is 5.60 Å². The lowest BCUT2D eigenvalue weighted by atomic mass is 9.80. The Balaban J connectivity index is 1.54. The van der Waals surface area contributed by atoms with Crippen molar-refractivity contribution in [3.63, 3.8) is 0 Å². The van der Waals surface area contributed by atoms with Crippen LogP contribution in [-0.2, 0) is 9.47 Å². The normalized spacial score (nSPS) is 35.6. The Kier molecular flexibility index (Phi) is 5.23. The van der Waals surface area contributed by atoms with E-state index in [1.54, 1.807) is 0 Å². The van der Waals surface area contributed by atoms with Crippen LogP contribution >= 0.6 is 0 Å². The van der Waals surface area contributed by atoms with Gasteiger partial charge in [0.25, 0.3) is 0 Å².